The topological polar surface area (TPSA) is 106 Å². The molecule has 0 aliphatic rings. The zero-order chi connectivity index (χ0) is 22.4. The van der Waals surface area contributed by atoms with Crippen LogP contribution in [-0.4, -0.2) is 25.9 Å². The number of rotatable bonds is 8. The van der Waals surface area contributed by atoms with Gasteiger partial charge in [-0.25, -0.2) is 13.1 Å². The summed E-state index contributed by atoms with van der Waals surface area (Å²) in [6.45, 7) is -0.0635. The third-order valence-electron chi connectivity index (χ3n) is 4.67. The van der Waals surface area contributed by atoms with Crippen molar-refractivity contribution in [2.45, 2.75) is 18.0 Å². The predicted octanol–water partition coefficient (Wildman–Crippen LogP) is 1.80. The smallest absolute Gasteiger partial charge is 0.271 e. The molecular formula is C22H23N3O5S. The monoisotopic (exact) mass is 441 g/mol. The van der Waals surface area contributed by atoms with Crippen molar-refractivity contribution in [2.75, 3.05) is 7.05 Å². The molecule has 0 atom stereocenters. The molecule has 2 N–H and O–H groups in total. The lowest BCUT2D eigenvalue weighted by Crippen LogP contribution is -2.31. The summed E-state index contributed by atoms with van der Waals surface area (Å²) in [5.41, 5.74) is 0.656. The Labute approximate surface area is 180 Å². The zero-order valence-corrected chi connectivity index (χ0v) is 18.0. The minimum absolute atomic E-state index is 0.0137. The Morgan fingerprint density at radius 2 is 1.65 bits per heavy atom. The first kappa shape index (κ1) is 22.3. The first-order valence-corrected chi connectivity index (χ1v) is 11.0. The number of nitrogens with one attached hydrogen (secondary N) is 2. The van der Waals surface area contributed by atoms with E-state index in [9.17, 15) is 18.0 Å². The molecule has 0 saturated heterocycles. The second kappa shape index (κ2) is 9.59. The molecule has 3 rings (SSSR count). The number of hydrogen-bond donors (Lipinski definition) is 2. The Morgan fingerprint density at radius 3 is 2.26 bits per heavy atom. The number of aromatic nitrogens is 1. The normalized spacial score (nSPS) is 11.2. The van der Waals surface area contributed by atoms with Gasteiger partial charge in [0.1, 0.15) is 6.61 Å². The number of carbonyl (C=O) groups is 1. The van der Waals surface area contributed by atoms with E-state index in [0.29, 0.717) is 5.69 Å². The van der Waals surface area contributed by atoms with Gasteiger partial charge in [0.15, 0.2) is 11.4 Å². The van der Waals surface area contributed by atoms with E-state index in [2.05, 4.69) is 10.0 Å². The van der Waals surface area contributed by atoms with Gasteiger partial charge in [-0.1, -0.05) is 48.5 Å². The van der Waals surface area contributed by atoms with E-state index in [1.165, 1.54) is 29.8 Å². The van der Waals surface area contributed by atoms with E-state index in [-0.39, 0.29) is 29.5 Å². The molecule has 0 saturated carbocycles. The van der Waals surface area contributed by atoms with Gasteiger partial charge in [-0.2, -0.15) is 0 Å². The van der Waals surface area contributed by atoms with Gasteiger partial charge in [0.2, 0.25) is 15.5 Å². The van der Waals surface area contributed by atoms with Gasteiger partial charge in [-0.15, -0.1) is 0 Å². The molecule has 1 heterocycles. The van der Waals surface area contributed by atoms with Crippen LogP contribution in [0.1, 0.15) is 21.7 Å². The van der Waals surface area contributed by atoms with Gasteiger partial charge in [0.25, 0.3) is 5.91 Å². The van der Waals surface area contributed by atoms with Crippen LogP contribution in [0.3, 0.4) is 0 Å². The fraction of sp³-hybridized carbons (Fsp3) is 0.182. The van der Waals surface area contributed by atoms with Crippen LogP contribution < -0.4 is 20.2 Å². The average molecular weight is 442 g/mol. The molecule has 9 heteroatoms. The minimum Gasteiger partial charge on any atom is -0.483 e. The molecule has 0 aliphatic heterocycles. The number of amides is 1. The Morgan fingerprint density at radius 1 is 1.03 bits per heavy atom. The highest BCUT2D eigenvalue weighted by Gasteiger charge is 2.22. The predicted molar refractivity (Wildman–Crippen MR) is 116 cm³/mol. The summed E-state index contributed by atoms with van der Waals surface area (Å²) in [6.07, 6.45) is 0. The highest BCUT2D eigenvalue weighted by atomic mass is 32.2. The summed E-state index contributed by atoms with van der Waals surface area (Å²) in [7, 11) is -0.762. The SMILES string of the molecule is CNC(=O)c1c(OCc2ccccc2)c(=O)cc(CNS(=O)(=O)c2ccccc2)n1C. The number of ether oxygens (including phenoxy) is 1. The van der Waals surface area contributed by atoms with Crippen molar-refractivity contribution in [2.24, 2.45) is 7.05 Å². The van der Waals surface area contributed by atoms with E-state index in [1.807, 2.05) is 30.3 Å². The second-order valence-corrected chi connectivity index (χ2v) is 8.49. The summed E-state index contributed by atoms with van der Waals surface area (Å²) in [5.74, 6) is -0.615. The molecule has 8 nitrogen and oxygen atoms in total. The fourth-order valence-corrected chi connectivity index (χ4v) is 4.01. The standard InChI is InChI=1S/C22H23N3O5S/c1-23-22(27)20-21(30-15-16-9-5-3-6-10-16)19(26)13-17(25(20)2)14-24-31(28,29)18-11-7-4-8-12-18/h3-13,24H,14-15H2,1-2H3,(H,23,27). The number of sulfonamides is 1. The summed E-state index contributed by atoms with van der Waals surface area (Å²) < 4.78 is 34.6. The van der Waals surface area contributed by atoms with Crippen LogP contribution >= 0.6 is 0 Å². The minimum atomic E-state index is -3.78. The third-order valence-corrected chi connectivity index (χ3v) is 6.08. The van der Waals surface area contributed by atoms with E-state index in [1.54, 1.807) is 25.2 Å². The van der Waals surface area contributed by atoms with Crippen molar-refractivity contribution in [3.8, 4) is 5.75 Å². The van der Waals surface area contributed by atoms with E-state index in [4.69, 9.17) is 4.74 Å². The molecule has 0 radical (unpaired) electrons. The molecule has 162 valence electrons. The van der Waals surface area contributed by atoms with Crippen LogP contribution in [0.2, 0.25) is 0 Å². The van der Waals surface area contributed by atoms with E-state index < -0.39 is 21.4 Å². The van der Waals surface area contributed by atoms with Crippen molar-refractivity contribution >= 4 is 15.9 Å². The molecule has 1 amide bonds. The Kier molecular flexibility index (Phi) is 6.88. The summed E-state index contributed by atoms with van der Waals surface area (Å²) >= 11 is 0. The molecule has 3 aromatic rings. The number of carbonyl (C=O) groups excluding carboxylic acids is 1. The number of hydrogen-bond acceptors (Lipinski definition) is 5. The molecule has 2 aromatic carbocycles. The lowest BCUT2D eigenvalue weighted by molar-refractivity contribution is 0.0948. The number of benzene rings is 2. The van der Waals surface area contributed by atoms with Gasteiger partial charge >= 0.3 is 0 Å². The van der Waals surface area contributed by atoms with Gasteiger partial charge in [-0.3, -0.25) is 9.59 Å². The molecule has 1 aromatic heterocycles. The summed E-state index contributed by atoms with van der Waals surface area (Å²) in [5, 5.41) is 2.50. The molecule has 31 heavy (non-hydrogen) atoms. The first-order valence-electron chi connectivity index (χ1n) is 9.50. The van der Waals surface area contributed by atoms with Gasteiger partial charge < -0.3 is 14.6 Å². The number of pyridine rings is 1. The third kappa shape index (κ3) is 5.19. The highest BCUT2D eigenvalue weighted by molar-refractivity contribution is 7.89. The molecule has 0 spiro atoms. The van der Waals surface area contributed by atoms with Gasteiger partial charge in [0.05, 0.1) is 11.4 Å². The molecule has 0 bridgehead atoms. The lowest BCUT2D eigenvalue weighted by Gasteiger charge is -2.18. The molecular weight excluding hydrogens is 418 g/mol. The average Bonchev–Trinajstić information content (AvgIpc) is 2.79. The lowest BCUT2D eigenvalue weighted by atomic mass is 10.2. The Balaban J connectivity index is 1.91. The maximum Gasteiger partial charge on any atom is 0.271 e. The van der Waals surface area contributed by atoms with Gasteiger partial charge in [-0.05, 0) is 17.7 Å². The zero-order valence-electron chi connectivity index (χ0n) is 17.2. The molecule has 0 unspecified atom stereocenters. The molecule has 0 fully saturated rings. The van der Waals surface area contributed by atoms with Gasteiger partial charge in [0, 0.05) is 25.9 Å². The van der Waals surface area contributed by atoms with Crippen molar-refractivity contribution in [1.82, 2.24) is 14.6 Å². The van der Waals surface area contributed by atoms with Crippen LogP contribution in [0.4, 0.5) is 0 Å². The Bertz CT molecular complexity index is 1220. The van der Waals surface area contributed by atoms with E-state index in [0.717, 1.165) is 5.56 Å². The van der Waals surface area contributed by atoms with Crippen molar-refractivity contribution < 1.29 is 17.9 Å². The van der Waals surface area contributed by atoms with Crippen LogP contribution in [-0.2, 0) is 30.2 Å². The highest BCUT2D eigenvalue weighted by Crippen LogP contribution is 2.17. The Hall–Kier alpha value is -3.43. The maximum absolute atomic E-state index is 12.8. The van der Waals surface area contributed by atoms with Crippen LogP contribution in [0, 0.1) is 0 Å². The number of nitrogens with zero attached hydrogens (tertiary/aromatic N) is 1. The quantitative estimate of drug-likeness (QED) is 0.554. The van der Waals surface area contributed by atoms with E-state index >= 15 is 0 Å². The van der Waals surface area contributed by atoms with Crippen LogP contribution in [0.15, 0.2) is 76.4 Å². The van der Waals surface area contributed by atoms with Crippen LogP contribution in [0.5, 0.6) is 5.75 Å². The van der Waals surface area contributed by atoms with Crippen molar-refractivity contribution in [1.29, 1.82) is 0 Å². The maximum atomic E-state index is 12.8. The first-order chi connectivity index (χ1) is 14.8. The second-order valence-electron chi connectivity index (χ2n) is 6.73. The fourth-order valence-electron chi connectivity index (χ4n) is 2.99. The van der Waals surface area contributed by atoms with Crippen LogP contribution in [0.25, 0.3) is 0 Å². The molecule has 0 aliphatic carbocycles. The largest absolute Gasteiger partial charge is 0.483 e. The van der Waals surface area contributed by atoms with Crippen molar-refractivity contribution in [3.05, 3.63) is 93.9 Å². The van der Waals surface area contributed by atoms with Crippen molar-refractivity contribution in [3.63, 3.8) is 0 Å². The summed E-state index contributed by atoms with van der Waals surface area (Å²) in [4.78, 5) is 25.4. The summed E-state index contributed by atoms with van der Waals surface area (Å²) in [6, 6.07) is 18.4.